The van der Waals surface area contributed by atoms with E-state index in [4.69, 9.17) is 27.9 Å². The lowest BCUT2D eigenvalue weighted by atomic mass is 10.2. The molecule has 0 saturated heterocycles. The average molecular weight is 412 g/mol. The van der Waals surface area contributed by atoms with E-state index < -0.39 is 0 Å². The highest BCUT2D eigenvalue weighted by Gasteiger charge is 2.13. The van der Waals surface area contributed by atoms with Crippen LogP contribution in [0.3, 0.4) is 0 Å². The summed E-state index contributed by atoms with van der Waals surface area (Å²) in [4.78, 5) is 0. The number of nitrogens with zero attached hydrogens (tertiary/aromatic N) is 3. The van der Waals surface area contributed by atoms with Crippen LogP contribution in [0.25, 0.3) is 0 Å². The van der Waals surface area contributed by atoms with E-state index in [0.29, 0.717) is 33.9 Å². The third kappa shape index (κ3) is 4.69. The Balaban J connectivity index is 1.67. The summed E-state index contributed by atoms with van der Waals surface area (Å²) >= 11 is 13.5. The molecular formula is C18H16Cl2FN3OS. The lowest BCUT2D eigenvalue weighted by Crippen LogP contribution is -2.07. The molecule has 0 N–H and O–H groups in total. The van der Waals surface area contributed by atoms with Crippen molar-refractivity contribution >= 4 is 35.0 Å². The smallest absolute Gasteiger partial charge is 0.191 e. The summed E-state index contributed by atoms with van der Waals surface area (Å²) in [5.41, 5.74) is 0.895. The van der Waals surface area contributed by atoms with Crippen molar-refractivity contribution in [2.45, 2.75) is 31.0 Å². The molecule has 0 radical (unpaired) electrons. The number of hydrogen-bond donors (Lipinski definition) is 0. The summed E-state index contributed by atoms with van der Waals surface area (Å²) in [6.45, 7) is 2.95. The van der Waals surface area contributed by atoms with Crippen LogP contribution in [0, 0.1) is 5.82 Å². The first-order chi connectivity index (χ1) is 12.6. The van der Waals surface area contributed by atoms with E-state index in [9.17, 15) is 4.39 Å². The molecule has 4 nitrogen and oxygen atoms in total. The maximum Gasteiger partial charge on any atom is 0.191 e. The number of benzene rings is 2. The molecule has 0 saturated carbocycles. The molecule has 2 aromatic carbocycles. The zero-order valence-electron chi connectivity index (χ0n) is 14.0. The zero-order chi connectivity index (χ0) is 18.5. The second kappa shape index (κ2) is 8.75. The molecular weight excluding hydrogens is 396 g/mol. The molecule has 0 amide bonds. The maximum atomic E-state index is 13.3. The Kier molecular flexibility index (Phi) is 6.40. The highest BCUT2D eigenvalue weighted by atomic mass is 35.5. The van der Waals surface area contributed by atoms with E-state index in [1.807, 2.05) is 17.6 Å². The topological polar surface area (TPSA) is 39.9 Å². The van der Waals surface area contributed by atoms with Crippen molar-refractivity contribution in [3.05, 3.63) is 69.7 Å². The van der Waals surface area contributed by atoms with E-state index in [2.05, 4.69) is 10.2 Å². The first-order valence-electron chi connectivity index (χ1n) is 7.94. The predicted octanol–water partition coefficient (Wildman–Crippen LogP) is 5.62. The predicted molar refractivity (Wildman–Crippen MR) is 102 cm³/mol. The number of rotatable bonds is 7. The molecule has 0 aliphatic heterocycles. The van der Waals surface area contributed by atoms with Crippen LogP contribution >= 0.6 is 35.0 Å². The molecule has 0 atom stereocenters. The van der Waals surface area contributed by atoms with Crippen LogP contribution in [0.1, 0.15) is 18.3 Å². The Hall–Kier alpha value is -1.76. The summed E-state index contributed by atoms with van der Waals surface area (Å²) in [5, 5.41) is 10.2. The molecule has 136 valence electrons. The molecule has 0 bridgehead atoms. The minimum Gasteiger partial charge on any atom is -0.484 e. The number of thioether (sulfide) groups is 1. The van der Waals surface area contributed by atoms with Gasteiger partial charge in [0.2, 0.25) is 0 Å². The van der Waals surface area contributed by atoms with Crippen LogP contribution in [0.4, 0.5) is 4.39 Å². The van der Waals surface area contributed by atoms with Gasteiger partial charge in [0.25, 0.3) is 0 Å². The van der Waals surface area contributed by atoms with Gasteiger partial charge in [0.1, 0.15) is 18.2 Å². The molecule has 3 rings (SSSR count). The van der Waals surface area contributed by atoms with Crippen molar-refractivity contribution in [2.24, 2.45) is 0 Å². The monoisotopic (exact) mass is 411 g/mol. The molecule has 1 heterocycles. The Morgan fingerprint density at radius 3 is 2.73 bits per heavy atom. The molecule has 26 heavy (non-hydrogen) atoms. The van der Waals surface area contributed by atoms with Crippen molar-refractivity contribution in [1.29, 1.82) is 0 Å². The van der Waals surface area contributed by atoms with Gasteiger partial charge in [0.05, 0.1) is 5.02 Å². The Morgan fingerprint density at radius 1 is 1.15 bits per heavy atom. The van der Waals surface area contributed by atoms with Crippen LogP contribution in [-0.4, -0.2) is 14.8 Å². The maximum absolute atomic E-state index is 13.3. The quantitative estimate of drug-likeness (QED) is 0.473. The van der Waals surface area contributed by atoms with Gasteiger partial charge in [-0.1, -0.05) is 47.1 Å². The highest BCUT2D eigenvalue weighted by molar-refractivity contribution is 7.98. The second-order valence-corrected chi connectivity index (χ2v) is 7.21. The molecule has 3 aromatic rings. The van der Waals surface area contributed by atoms with Crippen molar-refractivity contribution in [1.82, 2.24) is 14.8 Å². The fourth-order valence-electron chi connectivity index (χ4n) is 2.36. The molecule has 1 aromatic heterocycles. The molecule has 0 spiro atoms. The highest BCUT2D eigenvalue weighted by Crippen LogP contribution is 2.28. The van der Waals surface area contributed by atoms with E-state index in [0.717, 1.165) is 10.7 Å². The summed E-state index contributed by atoms with van der Waals surface area (Å²) < 4.78 is 21.0. The lowest BCUT2D eigenvalue weighted by molar-refractivity contribution is 0.288. The van der Waals surface area contributed by atoms with Gasteiger partial charge in [-0.15, -0.1) is 10.2 Å². The summed E-state index contributed by atoms with van der Waals surface area (Å²) in [6.07, 6.45) is 0. The molecule has 0 fully saturated rings. The van der Waals surface area contributed by atoms with Crippen LogP contribution in [0.15, 0.2) is 47.6 Å². The molecule has 0 aliphatic rings. The van der Waals surface area contributed by atoms with Crippen molar-refractivity contribution in [2.75, 3.05) is 0 Å². The average Bonchev–Trinajstić information content (AvgIpc) is 3.01. The fraction of sp³-hybridized carbons (Fsp3) is 0.222. The number of aromatic nitrogens is 3. The van der Waals surface area contributed by atoms with Gasteiger partial charge in [0, 0.05) is 17.3 Å². The molecule has 0 unspecified atom stereocenters. The van der Waals surface area contributed by atoms with Gasteiger partial charge >= 0.3 is 0 Å². The van der Waals surface area contributed by atoms with Gasteiger partial charge in [-0.3, -0.25) is 0 Å². The summed E-state index contributed by atoms with van der Waals surface area (Å²) in [6, 6.07) is 11.6. The number of ether oxygens (including phenoxy) is 1. The van der Waals surface area contributed by atoms with E-state index in [1.165, 1.54) is 23.9 Å². The van der Waals surface area contributed by atoms with Crippen molar-refractivity contribution in [3.63, 3.8) is 0 Å². The van der Waals surface area contributed by atoms with Gasteiger partial charge < -0.3 is 9.30 Å². The number of halogens is 3. The first-order valence-corrected chi connectivity index (χ1v) is 9.68. The minimum atomic E-state index is -0.242. The third-order valence-electron chi connectivity index (χ3n) is 3.62. The normalized spacial score (nSPS) is 10.9. The van der Waals surface area contributed by atoms with Crippen molar-refractivity contribution < 1.29 is 9.13 Å². The Bertz CT molecular complexity index is 904. The number of hydrogen-bond acceptors (Lipinski definition) is 4. The van der Waals surface area contributed by atoms with Crippen LogP contribution in [-0.2, 0) is 18.9 Å². The third-order valence-corrected chi connectivity index (χ3v) is 5.19. The SMILES string of the molecule is CCn1c(COc2ccc(Cl)cc2Cl)nnc1SCc1cccc(F)c1. The summed E-state index contributed by atoms with van der Waals surface area (Å²) in [5.74, 6) is 1.60. The largest absolute Gasteiger partial charge is 0.484 e. The van der Waals surface area contributed by atoms with E-state index >= 15 is 0 Å². The summed E-state index contributed by atoms with van der Waals surface area (Å²) in [7, 11) is 0. The van der Waals surface area contributed by atoms with Crippen molar-refractivity contribution in [3.8, 4) is 5.75 Å². The Morgan fingerprint density at radius 2 is 2.00 bits per heavy atom. The van der Waals surface area contributed by atoms with Crippen LogP contribution in [0.5, 0.6) is 5.75 Å². The molecule has 0 aliphatic carbocycles. The van der Waals surface area contributed by atoms with Gasteiger partial charge in [0.15, 0.2) is 11.0 Å². The zero-order valence-corrected chi connectivity index (χ0v) is 16.3. The Labute approximate surface area is 165 Å². The van der Waals surface area contributed by atoms with Gasteiger partial charge in [-0.2, -0.15) is 0 Å². The van der Waals surface area contributed by atoms with E-state index in [-0.39, 0.29) is 12.4 Å². The fourth-order valence-corrected chi connectivity index (χ4v) is 3.79. The molecule has 8 heteroatoms. The lowest BCUT2D eigenvalue weighted by Gasteiger charge is -2.10. The van der Waals surface area contributed by atoms with Crippen LogP contribution in [0.2, 0.25) is 10.0 Å². The standard InChI is InChI=1S/C18H16Cl2FN3OS/c1-2-24-17(10-25-16-7-6-13(19)9-15(16)20)22-23-18(24)26-11-12-4-3-5-14(21)8-12/h3-9H,2,10-11H2,1H3. The van der Waals surface area contributed by atoms with Crippen LogP contribution < -0.4 is 4.74 Å². The van der Waals surface area contributed by atoms with E-state index in [1.54, 1.807) is 24.3 Å². The van der Waals surface area contributed by atoms with Gasteiger partial charge in [-0.25, -0.2) is 4.39 Å². The second-order valence-electron chi connectivity index (χ2n) is 5.43. The minimum absolute atomic E-state index is 0.239. The van der Waals surface area contributed by atoms with Gasteiger partial charge in [-0.05, 0) is 42.8 Å². The first kappa shape index (κ1) is 19.0.